The molecule has 0 saturated heterocycles. The minimum absolute atomic E-state index is 0.0781. The van der Waals surface area contributed by atoms with Crippen molar-refractivity contribution in [3.63, 3.8) is 0 Å². The Morgan fingerprint density at radius 3 is 1.18 bits per heavy atom. The van der Waals surface area contributed by atoms with E-state index >= 15 is 0 Å². The molecule has 2 unspecified atom stereocenters. The maximum absolute atomic E-state index is 11.2. The average molecular weight is 425 g/mol. The van der Waals surface area contributed by atoms with Gasteiger partial charge in [0, 0.05) is 13.1 Å². The van der Waals surface area contributed by atoms with Crippen molar-refractivity contribution in [3.8, 4) is 11.1 Å². The molecule has 0 bridgehead atoms. The number of rotatable bonds is 9. The molecule has 2 atom stereocenters. The lowest BCUT2D eigenvalue weighted by molar-refractivity contribution is 0.579. The molecule has 0 spiro atoms. The van der Waals surface area contributed by atoms with Crippen molar-refractivity contribution in [2.24, 2.45) is 0 Å². The van der Waals surface area contributed by atoms with Gasteiger partial charge >= 0.3 is 0 Å². The zero-order valence-corrected chi connectivity index (χ0v) is 18.3. The first-order valence-electron chi connectivity index (χ1n) is 9.04. The van der Waals surface area contributed by atoms with Gasteiger partial charge in [0.2, 0.25) is 20.0 Å². The third-order valence-corrected chi connectivity index (χ3v) is 5.98. The van der Waals surface area contributed by atoms with E-state index in [1.165, 1.54) is 0 Å². The first-order chi connectivity index (χ1) is 12.9. The molecule has 28 heavy (non-hydrogen) atoms. The van der Waals surface area contributed by atoms with Crippen LogP contribution in [0.4, 0.5) is 0 Å². The molecular formula is C20H28N2O4S2. The normalized spacial score (nSPS) is 14.6. The zero-order chi connectivity index (χ0) is 20.9. The molecule has 0 saturated carbocycles. The van der Waals surface area contributed by atoms with Crippen molar-refractivity contribution >= 4 is 20.0 Å². The lowest BCUT2D eigenvalue weighted by atomic mass is 9.95. The number of hydrogen-bond acceptors (Lipinski definition) is 4. The second kappa shape index (κ2) is 9.17. The Kier molecular flexibility index (Phi) is 7.39. The van der Waals surface area contributed by atoms with E-state index in [0.717, 1.165) is 34.8 Å². The van der Waals surface area contributed by atoms with Crippen LogP contribution in [0.25, 0.3) is 11.1 Å². The minimum atomic E-state index is -3.19. The lowest BCUT2D eigenvalue weighted by Gasteiger charge is -2.14. The van der Waals surface area contributed by atoms with Crippen molar-refractivity contribution in [1.29, 1.82) is 0 Å². The predicted octanol–water partition coefficient (Wildman–Crippen LogP) is 2.66. The van der Waals surface area contributed by atoms with Crippen LogP contribution in [-0.4, -0.2) is 42.4 Å². The molecule has 0 fully saturated rings. The Bertz CT molecular complexity index is 900. The molecule has 0 amide bonds. The third-order valence-electron chi connectivity index (χ3n) is 4.60. The lowest BCUT2D eigenvalue weighted by Crippen LogP contribution is -2.26. The van der Waals surface area contributed by atoms with Crippen LogP contribution in [0.5, 0.6) is 0 Å². The quantitative estimate of drug-likeness (QED) is 0.647. The molecule has 154 valence electrons. The van der Waals surface area contributed by atoms with Crippen molar-refractivity contribution in [2.45, 2.75) is 25.7 Å². The zero-order valence-electron chi connectivity index (χ0n) is 16.6. The predicted molar refractivity (Wildman–Crippen MR) is 114 cm³/mol. The van der Waals surface area contributed by atoms with E-state index < -0.39 is 20.0 Å². The summed E-state index contributed by atoms with van der Waals surface area (Å²) in [6, 6.07) is 16.1. The first-order valence-corrected chi connectivity index (χ1v) is 12.8. The maximum Gasteiger partial charge on any atom is 0.208 e. The minimum Gasteiger partial charge on any atom is -0.215 e. The summed E-state index contributed by atoms with van der Waals surface area (Å²) in [7, 11) is -6.38. The van der Waals surface area contributed by atoms with Gasteiger partial charge in [0.05, 0.1) is 12.5 Å². The fraction of sp³-hybridized carbons (Fsp3) is 0.400. The summed E-state index contributed by atoms with van der Waals surface area (Å²) in [6.07, 6.45) is 2.31. The summed E-state index contributed by atoms with van der Waals surface area (Å²) in [5.41, 5.74) is 4.27. The third kappa shape index (κ3) is 7.35. The van der Waals surface area contributed by atoms with Gasteiger partial charge < -0.3 is 0 Å². The molecule has 0 aliphatic carbocycles. The molecule has 0 radical (unpaired) electrons. The van der Waals surface area contributed by atoms with E-state index in [1.807, 2.05) is 62.4 Å². The van der Waals surface area contributed by atoms with Gasteiger partial charge in [0.15, 0.2) is 0 Å². The number of nitrogens with one attached hydrogen (secondary N) is 2. The summed E-state index contributed by atoms with van der Waals surface area (Å²) in [6.45, 7) is 4.69. The summed E-state index contributed by atoms with van der Waals surface area (Å²) in [5, 5.41) is 0. The second-order valence-electron chi connectivity index (χ2n) is 7.29. The topological polar surface area (TPSA) is 92.3 Å². The number of benzene rings is 2. The monoisotopic (exact) mass is 424 g/mol. The first kappa shape index (κ1) is 22.5. The van der Waals surface area contributed by atoms with E-state index in [2.05, 4.69) is 9.44 Å². The SMILES string of the molecule is CC(CNS(C)(=O)=O)c1ccc(-c2ccc(C(C)CNS(C)(=O)=O)cc2)cc1. The summed E-state index contributed by atoms with van der Waals surface area (Å²) in [5.74, 6) is 0.156. The molecule has 2 N–H and O–H groups in total. The van der Waals surface area contributed by atoms with Crippen LogP contribution in [0.3, 0.4) is 0 Å². The fourth-order valence-electron chi connectivity index (χ4n) is 2.80. The highest BCUT2D eigenvalue weighted by molar-refractivity contribution is 7.89. The van der Waals surface area contributed by atoms with Crippen molar-refractivity contribution in [3.05, 3.63) is 59.7 Å². The second-order valence-corrected chi connectivity index (χ2v) is 11.0. The van der Waals surface area contributed by atoms with Crippen LogP contribution in [0.15, 0.2) is 48.5 Å². The molecule has 0 aliphatic rings. The van der Waals surface area contributed by atoms with Crippen LogP contribution in [0.1, 0.15) is 36.8 Å². The average Bonchev–Trinajstić information content (AvgIpc) is 2.63. The van der Waals surface area contributed by atoms with Gasteiger partial charge in [-0.1, -0.05) is 62.4 Å². The van der Waals surface area contributed by atoms with Crippen molar-refractivity contribution in [2.75, 3.05) is 25.6 Å². The molecule has 0 heterocycles. The highest BCUT2D eigenvalue weighted by Gasteiger charge is 2.11. The van der Waals surface area contributed by atoms with E-state index in [1.54, 1.807) is 0 Å². The van der Waals surface area contributed by atoms with Crippen molar-refractivity contribution < 1.29 is 16.8 Å². The van der Waals surface area contributed by atoms with Crippen LogP contribution >= 0.6 is 0 Å². The number of sulfonamides is 2. The highest BCUT2D eigenvalue weighted by atomic mass is 32.2. The van der Waals surface area contributed by atoms with Crippen LogP contribution in [0.2, 0.25) is 0 Å². The van der Waals surface area contributed by atoms with Crippen molar-refractivity contribution in [1.82, 2.24) is 9.44 Å². The van der Waals surface area contributed by atoms with E-state index in [9.17, 15) is 16.8 Å². The van der Waals surface area contributed by atoms with Crippen LogP contribution in [-0.2, 0) is 20.0 Å². The van der Waals surface area contributed by atoms with Gasteiger partial charge in [-0.2, -0.15) is 0 Å². The summed E-state index contributed by atoms with van der Waals surface area (Å²) < 4.78 is 50.0. The Hall–Kier alpha value is -1.74. The summed E-state index contributed by atoms with van der Waals surface area (Å²) in [4.78, 5) is 0. The van der Waals surface area contributed by atoms with Gasteiger partial charge in [-0.05, 0) is 34.1 Å². The molecule has 2 aromatic carbocycles. The van der Waals surface area contributed by atoms with Gasteiger partial charge in [-0.15, -0.1) is 0 Å². The van der Waals surface area contributed by atoms with Gasteiger partial charge in [0.25, 0.3) is 0 Å². The molecule has 0 aliphatic heterocycles. The van der Waals surface area contributed by atoms with E-state index in [4.69, 9.17) is 0 Å². The largest absolute Gasteiger partial charge is 0.215 e. The fourth-order valence-corrected chi connectivity index (χ4v) is 3.90. The molecule has 0 aromatic heterocycles. The molecule has 2 aromatic rings. The standard InChI is InChI=1S/C20H28N2O4S2/c1-15(13-21-27(3,23)24)17-5-9-19(10-6-17)20-11-7-18(8-12-20)16(2)14-22-28(4,25)26/h5-12,15-16,21-22H,13-14H2,1-4H3. The molecule has 6 nitrogen and oxygen atoms in total. The van der Waals surface area contributed by atoms with Gasteiger partial charge in [-0.3, -0.25) is 0 Å². The number of hydrogen-bond donors (Lipinski definition) is 2. The van der Waals surface area contributed by atoms with Crippen LogP contribution in [0, 0.1) is 0 Å². The Morgan fingerprint density at radius 2 is 0.929 bits per heavy atom. The Morgan fingerprint density at radius 1 is 0.643 bits per heavy atom. The Balaban J connectivity index is 2.03. The van der Waals surface area contributed by atoms with Gasteiger partial charge in [-0.25, -0.2) is 26.3 Å². The van der Waals surface area contributed by atoms with Crippen LogP contribution < -0.4 is 9.44 Å². The van der Waals surface area contributed by atoms with E-state index in [-0.39, 0.29) is 11.8 Å². The smallest absolute Gasteiger partial charge is 0.208 e. The molecule has 8 heteroatoms. The highest BCUT2D eigenvalue weighted by Crippen LogP contribution is 2.25. The maximum atomic E-state index is 11.2. The molecule has 2 rings (SSSR count). The van der Waals surface area contributed by atoms with E-state index in [0.29, 0.717) is 13.1 Å². The molecular weight excluding hydrogens is 396 g/mol. The van der Waals surface area contributed by atoms with Gasteiger partial charge in [0.1, 0.15) is 0 Å². The Labute approximate surface area is 168 Å². The summed E-state index contributed by atoms with van der Waals surface area (Å²) >= 11 is 0.